The highest BCUT2D eigenvalue weighted by Gasteiger charge is 2.40. The van der Waals surface area contributed by atoms with Gasteiger partial charge < -0.3 is 0 Å². The van der Waals surface area contributed by atoms with E-state index in [4.69, 9.17) is 0 Å². The summed E-state index contributed by atoms with van der Waals surface area (Å²) in [5.74, 6) is 0. The Morgan fingerprint density at radius 2 is 2.00 bits per heavy atom. The van der Waals surface area contributed by atoms with Crippen molar-refractivity contribution < 1.29 is 13.2 Å². The third-order valence-corrected chi connectivity index (χ3v) is 4.38. The van der Waals surface area contributed by atoms with Crippen LogP contribution in [0.5, 0.6) is 0 Å². The van der Waals surface area contributed by atoms with E-state index in [1.54, 1.807) is 11.4 Å². The maximum atomic E-state index is 12.1. The molecule has 0 aromatic carbocycles. The van der Waals surface area contributed by atoms with Crippen LogP contribution in [0.15, 0.2) is 15.9 Å². The predicted molar refractivity (Wildman–Crippen MR) is 49.7 cm³/mol. The first-order valence-corrected chi connectivity index (χ1v) is 5.45. The van der Waals surface area contributed by atoms with Crippen molar-refractivity contribution in [2.45, 2.75) is 11.0 Å². The summed E-state index contributed by atoms with van der Waals surface area (Å²) < 4.78 is 36.9. The molecule has 0 radical (unpaired) electrons. The zero-order valence-corrected chi connectivity index (χ0v) is 9.52. The van der Waals surface area contributed by atoms with Gasteiger partial charge in [0.1, 0.15) is 4.83 Å². The fraction of sp³-hybridized carbons (Fsp3) is 0.333. The standard InChI is InChI=1S/C6H3Br2F3S/c7-3-1-2-12-4(3)5(8)6(9,10)11/h1-2,5H. The lowest BCUT2D eigenvalue weighted by Gasteiger charge is -2.12. The van der Waals surface area contributed by atoms with E-state index in [1.165, 1.54) is 0 Å². The summed E-state index contributed by atoms with van der Waals surface area (Å²) >= 11 is 6.70. The molecule has 0 aliphatic heterocycles. The van der Waals surface area contributed by atoms with E-state index >= 15 is 0 Å². The van der Waals surface area contributed by atoms with Crippen LogP contribution in [-0.2, 0) is 0 Å². The smallest absolute Gasteiger partial charge is 0.169 e. The van der Waals surface area contributed by atoms with Gasteiger partial charge in [0.05, 0.1) is 0 Å². The highest BCUT2D eigenvalue weighted by atomic mass is 79.9. The molecule has 1 unspecified atom stereocenters. The molecule has 0 amide bonds. The minimum atomic E-state index is -4.23. The third-order valence-electron chi connectivity index (χ3n) is 1.16. The van der Waals surface area contributed by atoms with Gasteiger partial charge in [0.15, 0.2) is 0 Å². The number of hydrogen-bond donors (Lipinski definition) is 0. The van der Waals surface area contributed by atoms with Crippen molar-refractivity contribution in [3.63, 3.8) is 0 Å². The van der Waals surface area contributed by atoms with Gasteiger partial charge in [-0.2, -0.15) is 13.2 Å². The molecule has 12 heavy (non-hydrogen) atoms. The van der Waals surface area contributed by atoms with Gasteiger partial charge in [-0.05, 0) is 27.4 Å². The molecule has 0 bridgehead atoms. The first-order valence-electron chi connectivity index (χ1n) is 2.86. The largest absolute Gasteiger partial charge is 0.406 e. The average Bonchev–Trinajstić information content (AvgIpc) is 2.31. The Hall–Kier alpha value is 0.450. The molecule has 1 aromatic heterocycles. The van der Waals surface area contributed by atoms with Crippen molar-refractivity contribution in [2.75, 3.05) is 0 Å². The Balaban J connectivity index is 2.92. The minimum Gasteiger partial charge on any atom is -0.169 e. The number of rotatable bonds is 1. The number of halogens is 5. The van der Waals surface area contributed by atoms with Crippen LogP contribution in [0.1, 0.15) is 9.70 Å². The zero-order valence-electron chi connectivity index (χ0n) is 5.53. The van der Waals surface area contributed by atoms with Crippen molar-refractivity contribution in [2.24, 2.45) is 0 Å². The molecule has 0 aliphatic carbocycles. The van der Waals surface area contributed by atoms with Crippen LogP contribution >= 0.6 is 43.2 Å². The molecule has 68 valence electrons. The fourth-order valence-corrected chi connectivity index (χ4v) is 3.11. The predicted octanol–water partition coefficient (Wildman–Crippen LogP) is 4.51. The molecule has 0 fully saturated rings. The van der Waals surface area contributed by atoms with E-state index in [0.717, 1.165) is 11.3 Å². The Morgan fingerprint density at radius 1 is 1.42 bits per heavy atom. The van der Waals surface area contributed by atoms with E-state index in [-0.39, 0.29) is 4.88 Å². The second-order valence-electron chi connectivity index (χ2n) is 2.04. The van der Waals surface area contributed by atoms with Crippen LogP contribution in [0.3, 0.4) is 0 Å². The average molecular weight is 324 g/mol. The molecule has 1 atom stereocenters. The molecule has 1 heterocycles. The first-order chi connectivity index (χ1) is 5.43. The molecule has 0 spiro atoms. The van der Waals surface area contributed by atoms with E-state index in [1.807, 2.05) is 0 Å². The van der Waals surface area contributed by atoms with E-state index in [9.17, 15) is 13.2 Å². The Bertz CT molecular complexity index is 268. The fourth-order valence-electron chi connectivity index (χ4n) is 0.635. The second-order valence-corrected chi connectivity index (χ2v) is 4.75. The Morgan fingerprint density at radius 3 is 2.33 bits per heavy atom. The van der Waals surface area contributed by atoms with Gasteiger partial charge in [0, 0.05) is 9.35 Å². The number of hydrogen-bond acceptors (Lipinski definition) is 1. The van der Waals surface area contributed by atoms with Gasteiger partial charge in [0.2, 0.25) is 0 Å². The zero-order chi connectivity index (χ0) is 9.35. The molecule has 0 saturated carbocycles. The van der Waals surface area contributed by atoms with Gasteiger partial charge in [-0.25, -0.2) is 0 Å². The number of thiophene rings is 1. The van der Waals surface area contributed by atoms with Crippen LogP contribution in [0.4, 0.5) is 13.2 Å². The van der Waals surface area contributed by atoms with Gasteiger partial charge in [-0.3, -0.25) is 0 Å². The summed E-state index contributed by atoms with van der Waals surface area (Å²) in [5.41, 5.74) is 0. The van der Waals surface area contributed by atoms with Crippen molar-refractivity contribution in [1.82, 2.24) is 0 Å². The molecule has 1 aromatic rings. The summed E-state index contributed by atoms with van der Waals surface area (Å²) in [5, 5.41) is 1.61. The summed E-state index contributed by atoms with van der Waals surface area (Å²) in [6.07, 6.45) is -4.23. The van der Waals surface area contributed by atoms with E-state index in [0.29, 0.717) is 4.47 Å². The van der Waals surface area contributed by atoms with Gasteiger partial charge in [-0.1, -0.05) is 15.9 Å². The van der Waals surface area contributed by atoms with Crippen molar-refractivity contribution >= 4 is 43.2 Å². The summed E-state index contributed by atoms with van der Waals surface area (Å²) in [7, 11) is 0. The van der Waals surface area contributed by atoms with Gasteiger partial charge in [0.25, 0.3) is 0 Å². The lowest BCUT2D eigenvalue weighted by atomic mass is 10.3. The van der Waals surface area contributed by atoms with Crippen LogP contribution in [-0.4, -0.2) is 6.18 Å². The Kier molecular flexibility index (Phi) is 3.22. The molecule has 1 rings (SSSR count). The molecule has 0 N–H and O–H groups in total. The van der Waals surface area contributed by atoms with Crippen molar-refractivity contribution in [3.8, 4) is 0 Å². The summed E-state index contributed by atoms with van der Waals surface area (Å²) in [6, 6.07) is 1.60. The minimum absolute atomic E-state index is 0.252. The van der Waals surface area contributed by atoms with Crippen LogP contribution in [0.2, 0.25) is 0 Å². The van der Waals surface area contributed by atoms with Crippen LogP contribution in [0.25, 0.3) is 0 Å². The maximum absolute atomic E-state index is 12.1. The van der Waals surface area contributed by atoms with Gasteiger partial charge in [-0.15, -0.1) is 11.3 Å². The first kappa shape index (κ1) is 10.5. The van der Waals surface area contributed by atoms with E-state index in [2.05, 4.69) is 31.9 Å². The van der Waals surface area contributed by atoms with Crippen molar-refractivity contribution in [1.29, 1.82) is 0 Å². The molecule has 6 heteroatoms. The molecular formula is C6H3Br2F3S. The normalized spacial score (nSPS) is 14.8. The highest BCUT2D eigenvalue weighted by molar-refractivity contribution is 9.11. The summed E-state index contributed by atoms with van der Waals surface area (Å²) in [4.78, 5) is -1.32. The van der Waals surface area contributed by atoms with Crippen LogP contribution < -0.4 is 0 Å². The highest BCUT2D eigenvalue weighted by Crippen LogP contribution is 2.44. The molecule has 0 nitrogen and oxygen atoms in total. The van der Waals surface area contributed by atoms with Crippen molar-refractivity contribution in [3.05, 3.63) is 20.8 Å². The number of alkyl halides is 4. The lowest BCUT2D eigenvalue weighted by molar-refractivity contribution is -0.127. The Labute approximate surface area is 88.0 Å². The monoisotopic (exact) mass is 322 g/mol. The topological polar surface area (TPSA) is 0 Å². The quantitative estimate of drug-likeness (QED) is 0.667. The molecule has 0 aliphatic rings. The SMILES string of the molecule is FC(F)(F)C(Br)c1sccc1Br. The molecular weight excluding hydrogens is 321 g/mol. The summed E-state index contributed by atoms with van der Waals surface area (Å²) in [6.45, 7) is 0. The second kappa shape index (κ2) is 3.67. The van der Waals surface area contributed by atoms with E-state index < -0.39 is 11.0 Å². The molecule has 0 saturated heterocycles. The van der Waals surface area contributed by atoms with Crippen LogP contribution in [0, 0.1) is 0 Å². The van der Waals surface area contributed by atoms with Gasteiger partial charge >= 0.3 is 6.18 Å². The lowest BCUT2D eigenvalue weighted by Crippen LogP contribution is -2.14. The third kappa shape index (κ3) is 2.23. The maximum Gasteiger partial charge on any atom is 0.406 e.